The quantitative estimate of drug-likeness (QED) is 0.788. The first kappa shape index (κ1) is 15.2. The number of aryl methyl sites for hydroxylation is 2. The first-order valence-electron chi connectivity index (χ1n) is 7.75. The number of amides is 1. The van der Waals surface area contributed by atoms with E-state index >= 15 is 0 Å². The summed E-state index contributed by atoms with van der Waals surface area (Å²) < 4.78 is 2.03. The average Bonchev–Trinajstić information content (AvgIpc) is 2.91. The summed E-state index contributed by atoms with van der Waals surface area (Å²) in [5, 5.41) is 3.03. The third-order valence-corrected chi connectivity index (χ3v) is 3.98. The van der Waals surface area contributed by atoms with E-state index in [1.807, 2.05) is 54.9 Å². The Bertz CT molecular complexity index is 810. The zero-order valence-electron chi connectivity index (χ0n) is 13.4. The molecular formula is C18H20N4O. The van der Waals surface area contributed by atoms with E-state index in [0.717, 1.165) is 22.4 Å². The van der Waals surface area contributed by atoms with Gasteiger partial charge in [0.15, 0.2) is 0 Å². The highest BCUT2D eigenvalue weighted by Crippen LogP contribution is 2.19. The smallest absolute Gasteiger partial charge is 0.220 e. The van der Waals surface area contributed by atoms with E-state index in [0.29, 0.717) is 12.8 Å². The maximum atomic E-state index is 12.2. The fourth-order valence-electron chi connectivity index (χ4n) is 2.74. The Balaban J connectivity index is 1.64. The number of aromatic nitrogens is 3. The van der Waals surface area contributed by atoms with E-state index in [1.54, 1.807) is 12.4 Å². The highest BCUT2D eigenvalue weighted by Gasteiger charge is 2.16. The van der Waals surface area contributed by atoms with Crippen LogP contribution in [0.1, 0.15) is 30.8 Å². The molecule has 0 saturated heterocycles. The first-order valence-corrected chi connectivity index (χ1v) is 7.75. The molecular weight excluding hydrogens is 288 g/mol. The van der Waals surface area contributed by atoms with Gasteiger partial charge in [-0.15, -0.1) is 0 Å². The van der Waals surface area contributed by atoms with Crippen LogP contribution >= 0.6 is 0 Å². The molecule has 0 aliphatic carbocycles. The molecule has 0 radical (unpaired) electrons. The van der Waals surface area contributed by atoms with Gasteiger partial charge in [-0.1, -0.05) is 12.1 Å². The molecule has 1 aromatic carbocycles. The van der Waals surface area contributed by atoms with Crippen molar-refractivity contribution in [3.8, 4) is 0 Å². The van der Waals surface area contributed by atoms with Crippen molar-refractivity contribution in [3.63, 3.8) is 0 Å². The molecule has 0 aliphatic rings. The van der Waals surface area contributed by atoms with Crippen molar-refractivity contribution in [3.05, 3.63) is 60.2 Å². The van der Waals surface area contributed by atoms with Gasteiger partial charge in [0.05, 0.1) is 17.1 Å². The van der Waals surface area contributed by atoms with Crippen LogP contribution in [0.2, 0.25) is 0 Å². The summed E-state index contributed by atoms with van der Waals surface area (Å²) in [6.07, 6.45) is 4.66. The van der Waals surface area contributed by atoms with Crippen molar-refractivity contribution < 1.29 is 4.79 Å². The first-order chi connectivity index (χ1) is 11.1. The van der Waals surface area contributed by atoms with Crippen LogP contribution in [0.3, 0.4) is 0 Å². The van der Waals surface area contributed by atoms with Crippen molar-refractivity contribution in [2.24, 2.45) is 7.05 Å². The van der Waals surface area contributed by atoms with Crippen LogP contribution in [-0.4, -0.2) is 20.4 Å². The number of nitrogens with one attached hydrogen (secondary N) is 1. The third kappa shape index (κ3) is 3.39. The SMILES string of the molecule is CC(NC(=O)CCc1ccncc1)c1nc2ccccc2n1C. The van der Waals surface area contributed by atoms with E-state index < -0.39 is 0 Å². The van der Waals surface area contributed by atoms with E-state index in [-0.39, 0.29) is 11.9 Å². The van der Waals surface area contributed by atoms with Gasteiger partial charge in [0.1, 0.15) is 5.82 Å². The molecule has 3 aromatic rings. The molecule has 1 unspecified atom stereocenters. The van der Waals surface area contributed by atoms with Crippen molar-refractivity contribution in [1.29, 1.82) is 0 Å². The normalized spacial score (nSPS) is 12.3. The summed E-state index contributed by atoms with van der Waals surface area (Å²) in [4.78, 5) is 20.8. The summed E-state index contributed by atoms with van der Waals surface area (Å²) in [6, 6.07) is 11.7. The number of benzene rings is 1. The predicted molar refractivity (Wildman–Crippen MR) is 89.8 cm³/mol. The number of para-hydroxylation sites is 2. The molecule has 0 fully saturated rings. The zero-order valence-corrected chi connectivity index (χ0v) is 13.4. The van der Waals surface area contributed by atoms with Crippen LogP contribution in [0.5, 0.6) is 0 Å². The molecule has 0 saturated carbocycles. The van der Waals surface area contributed by atoms with Crippen molar-refractivity contribution in [2.45, 2.75) is 25.8 Å². The third-order valence-electron chi connectivity index (χ3n) is 3.98. The molecule has 1 atom stereocenters. The number of carbonyl (C=O) groups excluding carboxylic acids is 1. The van der Waals surface area contributed by atoms with Gasteiger partial charge < -0.3 is 9.88 Å². The minimum atomic E-state index is -0.127. The largest absolute Gasteiger partial charge is 0.346 e. The molecule has 2 aromatic heterocycles. The molecule has 0 aliphatic heterocycles. The van der Waals surface area contributed by atoms with Gasteiger partial charge in [0.2, 0.25) is 5.91 Å². The average molecular weight is 308 g/mol. The van der Waals surface area contributed by atoms with E-state index in [4.69, 9.17) is 0 Å². The number of imidazole rings is 1. The summed E-state index contributed by atoms with van der Waals surface area (Å²) >= 11 is 0. The Morgan fingerprint density at radius 1 is 1.22 bits per heavy atom. The molecule has 5 nitrogen and oxygen atoms in total. The van der Waals surface area contributed by atoms with Crippen LogP contribution in [-0.2, 0) is 18.3 Å². The number of pyridine rings is 1. The van der Waals surface area contributed by atoms with Crippen LogP contribution < -0.4 is 5.32 Å². The fraction of sp³-hybridized carbons (Fsp3) is 0.278. The highest BCUT2D eigenvalue weighted by molar-refractivity contribution is 5.78. The lowest BCUT2D eigenvalue weighted by Crippen LogP contribution is -2.28. The Morgan fingerprint density at radius 3 is 2.70 bits per heavy atom. The van der Waals surface area contributed by atoms with Gasteiger partial charge in [-0.2, -0.15) is 0 Å². The molecule has 0 spiro atoms. The fourth-order valence-corrected chi connectivity index (χ4v) is 2.74. The summed E-state index contributed by atoms with van der Waals surface area (Å²) in [6.45, 7) is 1.96. The van der Waals surface area contributed by atoms with E-state index in [1.165, 1.54) is 0 Å². The molecule has 1 amide bonds. The summed E-state index contributed by atoms with van der Waals surface area (Å²) in [5.74, 6) is 0.893. The van der Waals surface area contributed by atoms with Crippen LogP contribution in [0.25, 0.3) is 11.0 Å². The van der Waals surface area contributed by atoms with Gasteiger partial charge >= 0.3 is 0 Å². The predicted octanol–water partition coefficient (Wildman–Crippen LogP) is 2.78. The number of hydrogen-bond acceptors (Lipinski definition) is 3. The molecule has 0 bridgehead atoms. The highest BCUT2D eigenvalue weighted by atomic mass is 16.1. The monoisotopic (exact) mass is 308 g/mol. The number of nitrogens with zero attached hydrogens (tertiary/aromatic N) is 3. The number of fused-ring (bicyclic) bond motifs is 1. The van der Waals surface area contributed by atoms with Crippen molar-refractivity contribution in [1.82, 2.24) is 19.9 Å². The van der Waals surface area contributed by atoms with Crippen molar-refractivity contribution >= 4 is 16.9 Å². The van der Waals surface area contributed by atoms with Gasteiger partial charge in [-0.3, -0.25) is 9.78 Å². The van der Waals surface area contributed by atoms with Gasteiger partial charge in [-0.25, -0.2) is 4.98 Å². The minimum Gasteiger partial charge on any atom is -0.346 e. The number of carbonyl (C=O) groups is 1. The number of hydrogen-bond donors (Lipinski definition) is 1. The van der Waals surface area contributed by atoms with E-state index in [9.17, 15) is 4.79 Å². The molecule has 2 heterocycles. The lowest BCUT2D eigenvalue weighted by molar-refractivity contribution is -0.121. The Morgan fingerprint density at radius 2 is 1.96 bits per heavy atom. The van der Waals surface area contributed by atoms with Gasteiger partial charge in [-0.05, 0) is 43.2 Å². The lowest BCUT2D eigenvalue weighted by Gasteiger charge is -2.14. The molecule has 3 rings (SSSR count). The van der Waals surface area contributed by atoms with E-state index in [2.05, 4.69) is 15.3 Å². The Hall–Kier alpha value is -2.69. The maximum Gasteiger partial charge on any atom is 0.220 e. The molecule has 5 heteroatoms. The minimum absolute atomic E-state index is 0.0290. The molecule has 1 N–H and O–H groups in total. The zero-order chi connectivity index (χ0) is 16.2. The second-order valence-electron chi connectivity index (χ2n) is 5.66. The summed E-state index contributed by atoms with van der Waals surface area (Å²) in [7, 11) is 1.98. The molecule has 118 valence electrons. The lowest BCUT2D eigenvalue weighted by atomic mass is 10.1. The van der Waals surface area contributed by atoms with Crippen LogP contribution in [0, 0.1) is 0 Å². The maximum absolute atomic E-state index is 12.2. The second-order valence-corrected chi connectivity index (χ2v) is 5.66. The second kappa shape index (κ2) is 6.60. The summed E-state index contributed by atoms with van der Waals surface area (Å²) in [5.41, 5.74) is 3.13. The topological polar surface area (TPSA) is 59.8 Å². The standard InChI is InChI=1S/C18H20N4O/c1-13(18-21-15-5-3-4-6-16(15)22(18)2)20-17(23)8-7-14-9-11-19-12-10-14/h3-6,9-13H,7-8H2,1-2H3,(H,20,23). The van der Waals surface area contributed by atoms with Gasteiger partial charge in [0.25, 0.3) is 0 Å². The molecule has 23 heavy (non-hydrogen) atoms. The Labute approximate surface area is 135 Å². The van der Waals surface area contributed by atoms with Crippen molar-refractivity contribution in [2.75, 3.05) is 0 Å². The Kier molecular flexibility index (Phi) is 4.37. The number of rotatable bonds is 5. The van der Waals surface area contributed by atoms with Gasteiger partial charge in [0, 0.05) is 25.9 Å². The van der Waals surface area contributed by atoms with Crippen LogP contribution in [0.4, 0.5) is 0 Å². The van der Waals surface area contributed by atoms with Crippen LogP contribution in [0.15, 0.2) is 48.8 Å².